The molecule has 1 aliphatic rings. The molecule has 19 heavy (non-hydrogen) atoms. The molecule has 0 radical (unpaired) electrons. The Kier molecular flexibility index (Phi) is 4.36. The number of hydrogen-bond donors (Lipinski definition) is 1. The Balaban J connectivity index is 2.05. The molecule has 3 atom stereocenters. The smallest absolute Gasteiger partial charge is 0.0934 e. The summed E-state index contributed by atoms with van der Waals surface area (Å²) >= 11 is 1.80. The van der Waals surface area contributed by atoms with Crippen LogP contribution in [0.2, 0.25) is 0 Å². The highest BCUT2D eigenvalue weighted by Crippen LogP contribution is 2.41. The second-order valence-corrected chi connectivity index (χ2v) is 8.44. The average Bonchev–Trinajstić information content (AvgIpc) is 2.59. The summed E-state index contributed by atoms with van der Waals surface area (Å²) in [5.74, 6) is 1.12. The van der Waals surface area contributed by atoms with E-state index in [2.05, 4.69) is 39.6 Å². The molecule has 1 aromatic rings. The zero-order valence-electron chi connectivity index (χ0n) is 12.9. The van der Waals surface area contributed by atoms with Gasteiger partial charge in [-0.2, -0.15) is 0 Å². The van der Waals surface area contributed by atoms with E-state index in [4.69, 9.17) is 0 Å². The normalized spacial score (nSPS) is 28.6. The molecule has 1 N–H and O–H groups in total. The van der Waals surface area contributed by atoms with Crippen molar-refractivity contribution >= 4 is 11.3 Å². The fraction of sp³-hybridized carbons (Fsp3) is 0.812. The van der Waals surface area contributed by atoms with Crippen LogP contribution in [0.1, 0.15) is 55.6 Å². The average molecular weight is 281 g/mol. The van der Waals surface area contributed by atoms with Crippen molar-refractivity contribution in [2.24, 2.45) is 17.3 Å². The van der Waals surface area contributed by atoms with Crippen molar-refractivity contribution in [2.45, 2.75) is 66.4 Å². The van der Waals surface area contributed by atoms with Gasteiger partial charge in [-0.1, -0.05) is 20.8 Å². The zero-order valence-corrected chi connectivity index (χ0v) is 13.7. The van der Waals surface area contributed by atoms with E-state index in [0.717, 1.165) is 37.3 Å². The summed E-state index contributed by atoms with van der Waals surface area (Å²) in [6, 6.07) is 0. The lowest BCUT2D eigenvalue weighted by Crippen LogP contribution is -2.35. The van der Waals surface area contributed by atoms with Gasteiger partial charge in [-0.3, -0.25) is 0 Å². The van der Waals surface area contributed by atoms with E-state index in [9.17, 15) is 5.11 Å². The van der Waals surface area contributed by atoms with Crippen LogP contribution in [-0.2, 0) is 6.42 Å². The first kappa shape index (κ1) is 15.0. The van der Waals surface area contributed by atoms with Crippen LogP contribution in [0.25, 0.3) is 0 Å². The lowest BCUT2D eigenvalue weighted by atomic mass is 9.67. The summed E-state index contributed by atoms with van der Waals surface area (Å²) in [6.07, 6.45) is 4.07. The Morgan fingerprint density at radius 3 is 2.47 bits per heavy atom. The van der Waals surface area contributed by atoms with Crippen LogP contribution in [-0.4, -0.2) is 16.2 Å². The van der Waals surface area contributed by atoms with E-state index >= 15 is 0 Å². The van der Waals surface area contributed by atoms with Gasteiger partial charge in [0.15, 0.2) is 0 Å². The van der Waals surface area contributed by atoms with Crippen molar-refractivity contribution in [3.8, 4) is 0 Å². The molecule has 1 saturated carbocycles. The number of thiazole rings is 1. The van der Waals surface area contributed by atoms with Crippen LogP contribution >= 0.6 is 11.3 Å². The third kappa shape index (κ3) is 3.57. The van der Waals surface area contributed by atoms with Crippen LogP contribution in [0.5, 0.6) is 0 Å². The summed E-state index contributed by atoms with van der Waals surface area (Å²) in [4.78, 5) is 5.95. The molecule has 0 amide bonds. The van der Waals surface area contributed by atoms with Gasteiger partial charge in [0.2, 0.25) is 0 Å². The maximum Gasteiger partial charge on any atom is 0.0934 e. The molecule has 1 aliphatic carbocycles. The van der Waals surface area contributed by atoms with E-state index in [-0.39, 0.29) is 6.10 Å². The first-order valence-corrected chi connectivity index (χ1v) is 8.20. The third-order valence-electron chi connectivity index (χ3n) is 4.68. The number of hydrogen-bond acceptors (Lipinski definition) is 3. The first-order chi connectivity index (χ1) is 8.77. The molecule has 3 unspecified atom stereocenters. The quantitative estimate of drug-likeness (QED) is 0.884. The zero-order chi connectivity index (χ0) is 14.2. The monoisotopic (exact) mass is 281 g/mol. The van der Waals surface area contributed by atoms with Crippen LogP contribution in [0.3, 0.4) is 0 Å². The molecule has 108 valence electrons. The second-order valence-electron chi connectivity index (χ2n) is 7.16. The number of aromatic nitrogens is 1. The molecular formula is C16H27NOS. The van der Waals surface area contributed by atoms with Gasteiger partial charge in [0, 0.05) is 11.3 Å². The van der Waals surface area contributed by atoms with E-state index in [1.165, 1.54) is 9.88 Å². The van der Waals surface area contributed by atoms with Gasteiger partial charge in [0.1, 0.15) is 0 Å². The van der Waals surface area contributed by atoms with Crippen molar-refractivity contribution in [3.05, 3.63) is 15.6 Å². The van der Waals surface area contributed by atoms with E-state index < -0.39 is 0 Å². The fourth-order valence-electron chi connectivity index (χ4n) is 3.10. The highest BCUT2D eigenvalue weighted by Gasteiger charge is 2.35. The minimum atomic E-state index is -0.136. The summed E-state index contributed by atoms with van der Waals surface area (Å²) < 4.78 is 0. The van der Waals surface area contributed by atoms with Crippen LogP contribution in [0.15, 0.2) is 0 Å². The van der Waals surface area contributed by atoms with Crippen molar-refractivity contribution in [2.75, 3.05) is 0 Å². The lowest BCUT2D eigenvalue weighted by molar-refractivity contribution is 0.0196. The Labute approximate surface area is 121 Å². The molecule has 3 heteroatoms. The van der Waals surface area contributed by atoms with Gasteiger partial charge >= 0.3 is 0 Å². The van der Waals surface area contributed by atoms with Gasteiger partial charge in [0.05, 0.1) is 16.8 Å². The molecule has 0 aromatic carbocycles. The SMILES string of the molecule is Cc1nc(CC2CC(C(C)(C)C)CCC2O)sc1C. The lowest BCUT2D eigenvalue weighted by Gasteiger charge is -2.40. The van der Waals surface area contributed by atoms with Crippen molar-refractivity contribution < 1.29 is 5.11 Å². The summed E-state index contributed by atoms with van der Waals surface area (Å²) in [6.45, 7) is 11.2. The molecule has 0 spiro atoms. The summed E-state index contributed by atoms with van der Waals surface area (Å²) in [5.41, 5.74) is 1.50. The van der Waals surface area contributed by atoms with E-state index in [0.29, 0.717) is 11.3 Å². The number of aliphatic hydroxyl groups excluding tert-OH is 1. The van der Waals surface area contributed by atoms with Crippen LogP contribution in [0, 0.1) is 31.1 Å². The van der Waals surface area contributed by atoms with Gasteiger partial charge < -0.3 is 5.11 Å². The van der Waals surface area contributed by atoms with Gasteiger partial charge in [-0.25, -0.2) is 4.98 Å². The van der Waals surface area contributed by atoms with Crippen molar-refractivity contribution in [1.29, 1.82) is 0 Å². The Morgan fingerprint density at radius 2 is 1.95 bits per heavy atom. The van der Waals surface area contributed by atoms with E-state index in [1.54, 1.807) is 11.3 Å². The molecule has 0 bridgehead atoms. The third-order valence-corrected chi connectivity index (χ3v) is 5.77. The number of rotatable bonds is 2. The van der Waals surface area contributed by atoms with E-state index in [1.807, 2.05) is 0 Å². The molecule has 1 fully saturated rings. The van der Waals surface area contributed by atoms with Crippen LogP contribution < -0.4 is 0 Å². The molecular weight excluding hydrogens is 254 g/mol. The largest absolute Gasteiger partial charge is 0.393 e. The first-order valence-electron chi connectivity index (χ1n) is 7.38. The Hall–Kier alpha value is -0.410. The Bertz CT molecular complexity index is 413. The van der Waals surface area contributed by atoms with Crippen molar-refractivity contribution in [1.82, 2.24) is 4.98 Å². The summed E-state index contributed by atoms with van der Waals surface area (Å²) in [5, 5.41) is 11.5. The summed E-state index contributed by atoms with van der Waals surface area (Å²) in [7, 11) is 0. The standard InChI is InChI=1S/C16H27NOS/c1-10-11(2)19-15(17-10)9-12-8-13(16(3,4)5)6-7-14(12)18/h12-14,18H,6-9H2,1-5H3. The maximum atomic E-state index is 10.3. The maximum absolute atomic E-state index is 10.3. The predicted molar refractivity (Wildman–Crippen MR) is 81.6 cm³/mol. The minimum Gasteiger partial charge on any atom is -0.393 e. The highest BCUT2D eigenvalue weighted by molar-refractivity contribution is 7.11. The van der Waals surface area contributed by atoms with Gasteiger partial charge in [-0.15, -0.1) is 11.3 Å². The molecule has 0 saturated heterocycles. The minimum absolute atomic E-state index is 0.136. The number of aryl methyl sites for hydroxylation is 2. The number of aliphatic hydroxyl groups is 1. The van der Waals surface area contributed by atoms with Gasteiger partial charge in [-0.05, 0) is 50.4 Å². The molecule has 1 aromatic heterocycles. The second kappa shape index (κ2) is 5.53. The van der Waals surface area contributed by atoms with Gasteiger partial charge in [0.25, 0.3) is 0 Å². The van der Waals surface area contributed by atoms with Crippen molar-refractivity contribution in [3.63, 3.8) is 0 Å². The topological polar surface area (TPSA) is 33.1 Å². The highest BCUT2D eigenvalue weighted by atomic mass is 32.1. The fourth-order valence-corrected chi connectivity index (χ4v) is 4.13. The van der Waals surface area contributed by atoms with Crippen LogP contribution in [0.4, 0.5) is 0 Å². The Morgan fingerprint density at radius 1 is 1.26 bits per heavy atom. The number of nitrogens with zero attached hydrogens (tertiary/aromatic N) is 1. The molecule has 1 heterocycles. The molecule has 2 rings (SSSR count). The predicted octanol–water partition coefficient (Wildman–Crippen LogP) is 4.13. The molecule has 0 aliphatic heterocycles. The molecule has 2 nitrogen and oxygen atoms in total.